The fourth-order valence-electron chi connectivity index (χ4n) is 1.82. The van der Waals surface area contributed by atoms with Crippen LogP contribution in [0.15, 0.2) is 28.7 Å². The monoisotopic (exact) mass is 312 g/mol. The Morgan fingerprint density at radius 1 is 1.50 bits per heavy atom. The fraction of sp³-hybridized carbons (Fsp3) is 0.500. The Bertz CT molecular complexity index is 391. The van der Waals surface area contributed by atoms with E-state index in [1.165, 1.54) is 0 Å². The number of benzene rings is 1. The predicted octanol–water partition coefficient (Wildman–Crippen LogP) is 3.00. The molecule has 1 amide bonds. The van der Waals surface area contributed by atoms with Gasteiger partial charge in [-0.3, -0.25) is 4.79 Å². The van der Waals surface area contributed by atoms with E-state index in [2.05, 4.69) is 28.2 Å². The van der Waals surface area contributed by atoms with Crippen LogP contribution in [0, 0.1) is 5.92 Å². The highest BCUT2D eigenvalue weighted by atomic mass is 79.9. The maximum Gasteiger partial charge on any atom is 0.220 e. The maximum absolute atomic E-state index is 11.9. The van der Waals surface area contributed by atoms with Crippen molar-refractivity contribution in [2.75, 3.05) is 6.54 Å². The van der Waals surface area contributed by atoms with Crippen molar-refractivity contribution < 1.29 is 4.79 Å². The van der Waals surface area contributed by atoms with Gasteiger partial charge in [0.15, 0.2) is 0 Å². The predicted molar refractivity (Wildman–Crippen MR) is 78.2 cm³/mol. The summed E-state index contributed by atoms with van der Waals surface area (Å²) in [5.41, 5.74) is 6.70. The molecule has 1 rings (SSSR count). The molecular formula is C14H21BrN2O. The Labute approximate surface area is 117 Å². The Morgan fingerprint density at radius 2 is 2.22 bits per heavy atom. The third-order valence-electron chi connectivity index (χ3n) is 3.11. The van der Waals surface area contributed by atoms with E-state index >= 15 is 0 Å². The minimum atomic E-state index is 0.0188. The molecule has 100 valence electrons. The molecule has 0 aromatic heterocycles. The zero-order valence-corrected chi connectivity index (χ0v) is 12.5. The first-order valence-electron chi connectivity index (χ1n) is 6.31. The molecular weight excluding hydrogens is 292 g/mol. The first-order valence-corrected chi connectivity index (χ1v) is 7.11. The molecule has 4 heteroatoms. The molecule has 2 atom stereocenters. The lowest BCUT2D eigenvalue weighted by molar-refractivity contribution is -0.122. The highest BCUT2D eigenvalue weighted by Gasteiger charge is 2.13. The van der Waals surface area contributed by atoms with E-state index < -0.39 is 0 Å². The molecule has 0 bridgehead atoms. The largest absolute Gasteiger partial charge is 0.350 e. The van der Waals surface area contributed by atoms with Crippen LogP contribution < -0.4 is 11.1 Å². The van der Waals surface area contributed by atoms with Crippen molar-refractivity contribution in [2.45, 2.75) is 32.7 Å². The Morgan fingerprint density at radius 3 is 2.78 bits per heavy atom. The molecule has 18 heavy (non-hydrogen) atoms. The average molecular weight is 313 g/mol. The molecule has 0 aliphatic heterocycles. The van der Waals surface area contributed by atoms with Gasteiger partial charge in [0.25, 0.3) is 0 Å². The van der Waals surface area contributed by atoms with E-state index in [4.69, 9.17) is 5.73 Å². The Balaban J connectivity index is 2.54. The Hall–Kier alpha value is -0.870. The third kappa shape index (κ3) is 4.78. The SMILES string of the molecule is CCC(CN)CC(=O)N[C@H](C)c1cccc(Br)c1. The van der Waals surface area contributed by atoms with Crippen LogP contribution in [0.4, 0.5) is 0 Å². The fourth-order valence-corrected chi connectivity index (χ4v) is 2.23. The minimum Gasteiger partial charge on any atom is -0.350 e. The molecule has 0 aliphatic carbocycles. The summed E-state index contributed by atoms with van der Waals surface area (Å²) in [7, 11) is 0. The normalized spacial score (nSPS) is 14.0. The van der Waals surface area contributed by atoms with E-state index in [1.807, 2.05) is 31.2 Å². The number of carbonyl (C=O) groups is 1. The summed E-state index contributed by atoms with van der Waals surface area (Å²) in [5.74, 6) is 0.347. The molecule has 0 saturated heterocycles. The van der Waals surface area contributed by atoms with E-state index in [-0.39, 0.29) is 17.9 Å². The molecule has 1 aromatic carbocycles. The minimum absolute atomic E-state index is 0.0188. The smallest absolute Gasteiger partial charge is 0.220 e. The summed E-state index contributed by atoms with van der Waals surface area (Å²) in [6, 6.07) is 7.99. The second-order valence-corrected chi connectivity index (χ2v) is 5.47. The van der Waals surface area contributed by atoms with Gasteiger partial charge in [-0.25, -0.2) is 0 Å². The van der Waals surface area contributed by atoms with Crippen molar-refractivity contribution in [2.24, 2.45) is 11.7 Å². The number of nitrogens with two attached hydrogens (primary N) is 1. The lowest BCUT2D eigenvalue weighted by Crippen LogP contribution is -2.30. The highest BCUT2D eigenvalue weighted by molar-refractivity contribution is 9.10. The molecule has 1 aromatic rings. The van der Waals surface area contributed by atoms with Crippen molar-refractivity contribution in [1.82, 2.24) is 5.32 Å². The van der Waals surface area contributed by atoms with Crippen LogP contribution in [-0.2, 0) is 4.79 Å². The van der Waals surface area contributed by atoms with E-state index in [1.54, 1.807) is 0 Å². The van der Waals surface area contributed by atoms with Crippen LogP contribution in [0.5, 0.6) is 0 Å². The van der Waals surface area contributed by atoms with Gasteiger partial charge in [-0.05, 0) is 37.1 Å². The Kier molecular flexibility index (Phi) is 6.36. The molecule has 3 N–H and O–H groups in total. The van der Waals surface area contributed by atoms with Crippen LogP contribution in [0.1, 0.15) is 38.3 Å². The van der Waals surface area contributed by atoms with E-state index in [9.17, 15) is 4.79 Å². The van der Waals surface area contributed by atoms with Crippen molar-refractivity contribution in [3.8, 4) is 0 Å². The first kappa shape index (κ1) is 15.2. The van der Waals surface area contributed by atoms with Crippen LogP contribution >= 0.6 is 15.9 Å². The van der Waals surface area contributed by atoms with Crippen molar-refractivity contribution >= 4 is 21.8 Å². The number of nitrogens with one attached hydrogen (secondary N) is 1. The number of carbonyl (C=O) groups excluding carboxylic acids is 1. The molecule has 0 radical (unpaired) electrons. The molecule has 3 nitrogen and oxygen atoms in total. The van der Waals surface area contributed by atoms with Crippen LogP contribution in [-0.4, -0.2) is 12.5 Å². The van der Waals surface area contributed by atoms with Gasteiger partial charge < -0.3 is 11.1 Å². The topological polar surface area (TPSA) is 55.1 Å². The van der Waals surface area contributed by atoms with Gasteiger partial charge in [0.1, 0.15) is 0 Å². The van der Waals surface area contributed by atoms with Crippen LogP contribution in [0.25, 0.3) is 0 Å². The lowest BCUT2D eigenvalue weighted by Gasteiger charge is -2.17. The second kappa shape index (κ2) is 7.54. The van der Waals surface area contributed by atoms with Crippen LogP contribution in [0.2, 0.25) is 0 Å². The zero-order chi connectivity index (χ0) is 13.5. The number of hydrogen-bond acceptors (Lipinski definition) is 2. The quantitative estimate of drug-likeness (QED) is 0.848. The lowest BCUT2D eigenvalue weighted by atomic mass is 10.0. The van der Waals surface area contributed by atoms with Gasteiger partial charge in [0, 0.05) is 10.9 Å². The number of halogens is 1. The number of amides is 1. The summed E-state index contributed by atoms with van der Waals surface area (Å²) in [6.07, 6.45) is 1.44. The van der Waals surface area contributed by atoms with E-state index in [0.717, 1.165) is 16.5 Å². The van der Waals surface area contributed by atoms with Gasteiger partial charge in [-0.2, -0.15) is 0 Å². The molecule has 0 heterocycles. The summed E-state index contributed by atoms with van der Waals surface area (Å²) in [4.78, 5) is 11.9. The van der Waals surface area contributed by atoms with Gasteiger partial charge in [0.2, 0.25) is 5.91 Å². The number of rotatable bonds is 6. The standard InChI is InChI=1S/C14H21BrN2O/c1-3-11(9-16)7-14(18)17-10(2)12-5-4-6-13(15)8-12/h4-6,8,10-11H,3,7,9,16H2,1-2H3,(H,17,18)/t10-,11?/m1/s1. The van der Waals surface area contributed by atoms with Gasteiger partial charge >= 0.3 is 0 Å². The average Bonchev–Trinajstić information content (AvgIpc) is 2.35. The first-order chi connectivity index (χ1) is 8.56. The van der Waals surface area contributed by atoms with Gasteiger partial charge in [0.05, 0.1) is 6.04 Å². The molecule has 0 spiro atoms. The summed E-state index contributed by atoms with van der Waals surface area (Å²) in [5, 5.41) is 3.01. The van der Waals surface area contributed by atoms with Crippen molar-refractivity contribution in [3.63, 3.8) is 0 Å². The maximum atomic E-state index is 11.9. The molecule has 0 fully saturated rings. The van der Waals surface area contributed by atoms with Crippen LogP contribution in [0.3, 0.4) is 0 Å². The van der Waals surface area contributed by atoms with Crippen molar-refractivity contribution in [3.05, 3.63) is 34.3 Å². The second-order valence-electron chi connectivity index (χ2n) is 4.56. The summed E-state index contributed by atoms with van der Waals surface area (Å²) < 4.78 is 1.02. The third-order valence-corrected chi connectivity index (χ3v) is 3.60. The molecule has 1 unspecified atom stereocenters. The molecule has 0 aliphatic rings. The van der Waals surface area contributed by atoms with Crippen molar-refractivity contribution in [1.29, 1.82) is 0 Å². The van der Waals surface area contributed by atoms with E-state index in [0.29, 0.717) is 13.0 Å². The van der Waals surface area contributed by atoms with Gasteiger partial charge in [-0.15, -0.1) is 0 Å². The zero-order valence-electron chi connectivity index (χ0n) is 10.9. The summed E-state index contributed by atoms with van der Waals surface area (Å²) in [6.45, 7) is 4.61. The molecule has 0 saturated carbocycles. The highest BCUT2D eigenvalue weighted by Crippen LogP contribution is 2.18. The summed E-state index contributed by atoms with van der Waals surface area (Å²) >= 11 is 3.43. The number of hydrogen-bond donors (Lipinski definition) is 2. The van der Waals surface area contributed by atoms with Gasteiger partial charge in [-0.1, -0.05) is 41.4 Å².